The molecule has 1 aromatic heterocycles. The van der Waals surface area contributed by atoms with Gasteiger partial charge in [-0.05, 0) is 55.9 Å². The van der Waals surface area contributed by atoms with E-state index in [1.165, 1.54) is 4.57 Å². The Hall–Kier alpha value is -4.04. The number of ether oxygens (including phenoxy) is 2. The summed E-state index contributed by atoms with van der Waals surface area (Å²) < 4.78 is 13.9. The summed E-state index contributed by atoms with van der Waals surface area (Å²) in [5.41, 5.74) is 1.41. The lowest BCUT2D eigenvalue weighted by atomic mass is 9.92. The summed E-state index contributed by atoms with van der Waals surface area (Å²) in [5, 5.41) is 0.391. The number of para-hydroxylation sites is 2. The van der Waals surface area contributed by atoms with Crippen LogP contribution in [-0.4, -0.2) is 34.3 Å². The zero-order valence-electron chi connectivity index (χ0n) is 20.0. The fourth-order valence-corrected chi connectivity index (χ4v) is 4.72. The molecule has 0 amide bonds. The average molecular weight is 503 g/mol. The molecule has 8 heteroatoms. The molecule has 3 aromatic carbocycles. The molecule has 0 aliphatic heterocycles. The molecule has 4 rings (SSSR count). The summed E-state index contributed by atoms with van der Waals surface area (Å²) in [6, 6.07) is 24.2. The van der Waals surface area contributed by atoms with E-state index in [1.807, 2.05) is 48.5 Å². The van der Waals surface area contributed by atoms with Crippen molar-refractivity contribution in [3.63, 3.8) is 0 Å². The molecular formula is C28H26N2O5S. The molecular weight excluding hydrogens is 476 g/mol. The highest BCUT2D eigenvalue weighted by molar-refractivity contribution is 7.71. The van der Waals surface area contributed by atoms with Gasteiger partial charge in [0.15, 0.2) is 10.7 Å². The quantitative estimate of drug-likeness (QED) is 0.195. The van der Waals surface area contributed by atoms with E-state index >= 15 is 0 Å². The van der Waals surface area contributed by atoms with Crippen LogP contribution in [0, 0.1) is 10.7 Å². The largest absolute Gasteiger partial charge is 0.465 e. The number of aromatic nitrogens is 2. The lowest BCUT2D eigenvalue weighted by Gasteiger charge is -2.29. The van der Waals surface area contributed by atoms with Gasteiger partial charge in [-0.25, -0.2) is 0 Å². The topological polar surface area (TPSA) is 79.5 Å². The molecule has 184 valence electrons. The Kier molecular flexibility index (Phi) is 7.75. The lowest BCUT2D eigenvalue weighted by molar-refractivity contribution is -0.163. The highest BCUT2D eigenvalue weighted by Crippen LogP contribution is 2.32. The minimum atomic E-state index is -1.36. The maximum absolute atomic E-state index is 13.6. The second-order valence-electron chi connectivity index (χ2n) is 7.98. The number of hydrogen-bond donors (Lipinski definition) is 0. The molecule has 0 bridgehead atoms. The monoisotopic (exact) mass is 502 g/mol. The van der Waals surface area contributed by atoms with Crippen LogP contribution in [0.5, 0.6) is 0 Å². The van der Waals surface area contributed by atoms with Crippen molar-refractivity contribution in [2.75, 3.05) is 13.2 Å². The maximum Gasteiger partial charge on any atom is 0.322 e. The van der Waals surface area contributed by atoms with Gasteiger partial charge in [0.25, 0.3) is 5.56 Å². The van der Waals surface area contributed by atoms with Crippen molar-refractivity contribution >= 4 is 35.1 Å². The maximum atomic E-state index is 13.6. The van der Waals surface area contributed by atoms with Crippen molar-refractivity contribution in [1.82, 2.24) is 9.13 Å². The van der Waals surface area contributed by atoms with Gasteiger partial charge in [0, 0.05) is 0 Å². The number of fused-ring (bicyclic) bond motifs is 1. The Labute approximate surface area is 213 Å². The van der Waals surface area contributed by atoms with Gasteiger partial charge in [-0.1, -0.05) is 60.7 Å². The predicted molar refractivity (Wildman–Crippen MR) is 140 cm³/mol. The minimum absolute atomic E-state index is 0.0892. The molecule has 0 saturated carbocycles. The number of hydrogen-bond acceptors (Lipinski definition) is 6. The van der Waals surface area contributed by atoms with Crippen molar-refractivity contribution < 1.29 is 19.1 Å². The minimum Gasteiger partial charge on any atom is -0.465 e. The Morgan fingerprint density at radius 3 is 1.92 bits per heavy atom. The fourth-order valence-electron chi connectivity index (χ4n) is 4.32. The average Bonchev–Trinajstić information content (AvgIpc) is 2.89. The molecule has 36 heavy (non-hydrogen) atoms. The van der Waals surface area contributed by atoms with Crippen LogP contribution in [0.2, 0.25) is 0 Å². The summed E-state index contributed by atoms with van der Waals surface area (Å²) >= 11 is 5.91. The number of carbonyl (C=O) groups is 2. The van der Waals surface area contributed by atoms with Crippen molar-refractivity contribution in [2.24, 2.45) is 5.92 Å². The van der Waals surface area contributed by atoms with Crippen LogP contribution >= 0.6 is 12.2 Å². The second kappa shape index (κ2) is 11.1. The normalized spacial score (nSPS) is 11.9. The lowest BCUT2D eigenvalue weighted by Crippen LogP contribution is -2.38. The Bertz CT molecular complexity index is 1480. The van der Waals surface area contributed by atoms with Crippen LogP contribution in [0.1, 0.15) is 25.5 Å². The SMILES string of the molecule is CCOC(=O)C(C(=O)OCC)[C@@H](c1ccccc1)n1c(=S)n(-c2ccccc2)c(=O)c2ccccc21. The van der Waals surface area contributed by atoms with Crippen molar-refractivity contribution in [3.05, 3.63) is 106 Å². The van der Waals surface area contributed by atoms with E-state index in [9.17, 15) is 14.4 Å². The molecule has 1 heterocycles. The summed E-state index contributed by atoms with van der Waals surface area (Å²) in [4.78, 5) is 40.2. The van der Waals surface area contributed by atoms with E-state index in [4.69, 9.17) is 21.7 Å². The zero-order valence-corrected chi connectivity index (χ0v) is 20.8. The van der Waals surface area contributed by atoms with E-state index in [2.05, 4.69) is 0 Å². The highest BCUT2D eigenvalue weighted by atomic mass is 32.1. The fraction of sp³-hybridized carbons (Fsp3) is 0.214. The molecule has 1 atom stereocenters. The number of rotatable bonds is 8. The standard InChI is InChI=1S/C28H26N2O5S/c1-3-34-26(32)23(27(33)35-4-2)24(19-13-7-5-8-14-19)30-22-18-12-11-17-21(22)25(31)29(28(30)36)20-15-9-6-10-16-20/h5-18,23-24H,3-4H2,1-2H3/t24-/m1/s1. The van der Waals surface area contributed by atoms with Crippen LogP contribution in [0.15, 0.2) is 89.7 Å². The highest BCUT2D eigenvalue weighted by Gasteiger charge is 2.41. The molecule has 0 aliphatic rings. The van der Waals surface area contributed by atoms with Crippen LogP contribution in [0.3, 0.4) is 0 Å². The number of nitrogens with zero attached hydrogens (tertiary/aromatic N) is 2. The third-order valence-corrected chi connectivity index (χ3v) is 6.20. The van der Waals surface area contributed by atoms with E-state index in [-0.39, 0.29) is 23.5 Å². The molecule has 0 N–H and O–H groups in total. The van der Waals surface area contributed by atoms with Crippen molar-refractivity contribution in [1.29, 1.82) is 0 Å². The first kappa shape index (κ1) is 25.1. The zero-order chi connectivity index (χ0) is 25.7. The van der Waals surface area contributed by atoms with Crippen LogP contribution in [0.4, 0.5) is 0 Å². The molecule has 0 saturated heterocycles. The van der Waals surface area contributed by atoms with Gasteiger partial charge in [0.05, 0.1) is 35.8 Å². The summed E-state index contributed by atoms with van der Waals surface area (Å²) in [7, 11) is 0. The first-order valence-corrected chi connectivity index (χ1v) is 12.1. The molecule has 0 aliphatic carbocycles. The van der Waals surface area contributed by atoms with Gasteiger partial charge in [-0.15, -0.1) is 0 Å². The van der Waals surface area contributed by atoms with Gasteiger partial charge < -0.3 is 14.0 Å². The molecule has 0 fully saturated rings. The first-order chi connectivity index (χ1) is 17.5. The van der Waals surface area contributed by atoms with Crippen molar-refractivity contribution in [2.45, 2.75) is 19.9 Å². The summed E-state index contributed by atoms with van der Waals surface area (Å²) in [6.07, 6.45) is 0. The van der Waals surface area contributed by atoms with Gasteiger partial charge >= 0.3 is 11.9 Å². The van der Waals surface area contributed by atoms with Crippen LogP contribution < -0.4 is 5.56 Å². The predicted octanol–water partition coefficient (Wildman–Crippen LogP) is 4.85. The summed E-state index contributed by atoms with van der Waals surface area (Å²) in [6.45, 7) is 3.53. The number of esters is 2. The van der Waals surface area contributed by atoms with Crippen molar-refractivity contribution in [3.8, 4) is 5.69 Å². The van der Waals surface area contributed by atoms with Crippen LogP contribution in [-0.2, 0) is 19.1 Å². The molecule has 0 unspecified atom stereocenters. The number of carbonyl (C=O) groups excluding carboxylic acids is 2. The second-order valence-corrected chi connectivity index (χ2v) is 8.35. The third kappa shape index (κ3) is 4.72. The number of benzene rings is 3. The molecule has 0 spiro atoms. The Morgan fingerprint density at radius 2 is 1.33 bits per heavy atom. The van der Waals surface area contributed by atoms with Crippen LogP contribution in [0.25, 0.3) is 16.6 Å². The Balaban J connectivity index is 2.13. The Morgan fingerprint density at radius 1 is 0.806 bits per heavy atom. The van der Waals surface area contributed by atoms with Gasteiger partial charge in [0.1, 0.15) is 0 Å². The summed E-state index contributed by atoms with van der Waals surface area (Å²) in [5.74, 6) is -2.81. The molecule has 7 nitrogen and oxygen atoms in total. The molecule has 4 aromatic rings. The van der Waals surface area contributed by atoms with Gasteiger partial charge in [-0.3, -0.25) is 19.0 Å². The van der Waals surface area contributed by atoms with E-state index in [0.717, 1.165) is 0 Å². The van der Waals surface area contributed by atoms with Gasteiger partial charge in [-0.2, -0.15) is 0 Å². The van der Waals surface area contributed by atoms with E-state index in [1.54, 1.807) is 54.8 Å². The van der Waals surface area contributed by atoms with Gasteiger partial charge in [0.2, 0.25) is 0 Å². The molecule has 0 radical (unpaired) electrons. The smallest absolute Gasteiger partial charge is 0.322 e. The van der Waals surface area contributed by atoms with E-state index < -0.39 is 23.9 Å². The third-order valence-electron chi connectivity index (χ3n) is 5.82. The first-order valence-electron chi connectivity index (χ1n) is 11.7. The van der Waals surface area contributed by atoms with E-state index in [0.29, 0.717) is 22.2 Å².